The lowest BCUT2D eigenvalue weighted by molar-refractivity contribution is 0.0337. The van der Waals surface area contributed by atoms with E-state index in [0.717, 1.165) is 51.3 Å². The first-order valence-corrected chi connectivity index (χ1v) is 10.6. The van der Waals surface area contributed by atoms with Crippen molar-refractivity contribution in [3.8, 4) is 5.75 Å². The highest BCUT2D eigenvalue weighted by Crippen LogP contribution is 2.27. The summed E-state index contributed by atoms with van der Waals surface area (Å²) in [5, 5.41) is 19.9. The molecule has 0 aliphatic carbocycles. The third-order valence-electron chi connectivity index (χ3n) is 5.84. The first-order valence-electron chi connectivity index (χ1n) is 10.6. The Bertz CT molecular complexity index is 759. The first-order chi connectivity index (χ1) is 14.2. The van der Waals surface area contributed by atoms with Crippen LogP contribution in [0.3, 0.4) is 0 Å². The molecule has 4 rings (SSSR count). The molecule has 0 bridgehead atoms. The van der Waals surface area contributed by atoms with Crippen LogP contribution >= 0.6 is 0 Å². The van der Waals surface area contributed by atoms with Crippen molar-refractivity contribution in [2.75, 3.05) is 39.3 Å². The van der Waals surface area contributed by atoms with Gasteiger partial charge in [0.1, 0.15) is 18.5 Å². The highest BCUT2D eigenvalue weighted by atomic mass is 16.5. The monoisotopic (exact) mass is 397 g/mol. The summed E-state index contributed by atoms with van der Waals surface area (Å²) in [7, 11) is 0. The quantitative estimate of drug-likeness (QED) is 0.709. The Hall–Kier alpha value is -1.99. The zero-order valence-corrected chi connectivity index (χ0v) is 16.9. The number of likely N-dealkylation sites (tertiary alicyclic amines) is 2. The van der Waals surface area contributed by atoms with Crippen LogP contribution in [0.1, 0.15) is 30.0 Å². The van der Waals surface area contributed by atoms with Gasteiger partial charge in [-0.2, -0.15) is 0 Å². The zero-order chi connectivity index (χ0) is 20.1. The van der Waals surface area contributed by atoms with Gasteiger partial charge in [-0.05, 0) is 42.7 Å². The summed E-state index contributed by atoms with van der Waals surface area (Å²) in [4.78, 5) is 9.06. The number of aliphatic hydroxyl groups is 2. The number of aromatic nitrogens is 1. The van der Waals surface area contributed by atoms with Crippen molar-refractivity contribution in [3.63, 3.8) is 0 Å². The van der Waals surface area contributed by atoms with Crippen LogP contribution in [0.4, 0.5) is 0 Å². The van der Waals surface area contributed by atoms with Crippen LogP contribution < -0.4 is 4.74 Å². The Labute approximate surface area is 172 Å². The lowest BCUT2D eigenvalue weighted by Crippen LogP contribution is -2.44. The second-order valence-corrected chi connectivity index (χ2v) is 8.29. The number of aliphatic hydroxyl groups excluding tert-OH is 2. The van der Waals surface area contributed by atoms with E-state index in [0.29, 0.717) is 12.5 Å². The van der Waals surface area contributed by atoms with E-state index in [-0.39, 0.29) is 12.7 Å². The van der Waals surface area contributed by atoms with E-state index in [1.807, 2.05) is 24.4 Å². The molecule has 29 heavy (non-hydrogen) atoms. The maximum absolute atomic E-state index is 10.3. The molecule has 6 heteroatoms. The number of nitrogens with zero attached hydrogens (tertiary/aromatic N) is 3. The molecule has 3 heterocycles. The van der Waals surface area contributed by atoms with E-state index in [1.54, 1.807) is 0 Å². The lowest BCUT2D eigenvalue weighted by Gasteiger charge is -2.39. The predicted molar refractivity (Wildman–Crippen MR) is 112 cm³/mol. The Balaban J connectivity index is 1.20. The van der Waals surface area contributed by atoms with Crippen molar-refractivity contribution in [1.29, 1.82) is 0 Å². The van der Waals surface area contributed by atoms with Gasteiger partial charge in [-0.1, -0.05) is 18.2 Å². The Morgan fingerprint density at radius 2 is 1.90 bits per heavy atom. The largest absolute Gasteiger partial charge is 0.491 e. The van der Waals surface area contributed by atoms with Crippen LogP contribution in [-0.2, 0) is 6.54 Å². The fourth-order valence-corrected chi connectivity index (χ4v) is 4.14. The number of pyridine rings is 1. The topological polar surface area (TPSA) is 69.1 Å². The summed E-state index contributed by atoms with van der Waals surface area (Å²) in [5.41, 5.74) is 2.40. The molecule has 6 nitrogen and oxygen atoms in total. The van der Waals surface area contributed by atoms with Crippen LogP contribution in [0.25, 0.3) is 0 Å². The number of β-amino-alcohol motifs (C(OH)–C–C–N with tert-alkyl or cyclic N) is 1. The Morgan fingerprint density at radius 3 is 2.66 bits per heavy atom. The highest BCUT2D eigenvalue weighted by Gasteiger charge is 2.28. The van der Waals surface area contributed by atoms with E-state index in [1.165, 1.54) is 11.3 Å². The molecule has 2 N–H and O–H groups in total. The lowest BCUT2D eigenvalue weighted by atomic mass is 9.95. The summed E-state index contributed by atoms with van der Waals surface area (Å²) >= 11 is 0. The molecular weight excluding hydrogens is 366 g/mol. The minimum Gasteiger partial charge on any atom is -0.491 e. The fourth-order valence-electron chi connectivity index (χ4n) is 4.14. The molecule has 156 valence electrons. The van der Waals surface area contributed by atoms with Gasteiger partial charge in [0.05, 0.1) is 6.10 Å². The van der Waals surface area contributed by atoms with E-state index in [9.17, 15) is 10.2 Å². The van der Waals surface area contributed by atoms with E-state index >= 15 is 0 Å². The third-order valence-corrected chi connectivity index (χ3v) is 5.84. The average molecular weight is 398 g/mol. The van der Waals surface area contributed by atoms with Gasteiger partial charge in [0.25, 0.3) is 0 Å². The minimum absolute atomic E-state index is 0.187. The van der Waals surface area contributed by atoms with Crippen LogP contribution in [-0.4, -0.2) is 76.5 Å². The normalized spacial score (nSPS) is 20.3. The van der Waals surface area contributed by atoms with Crippen molar-refractivity contribution in [2.24, 2.45) is 0 Å². The molecule has 0 saturated carbocycles. The van der Waals surface area contributed by atoms with Gasteiger partial charge < -0.3 is 19.8 Å². The van der Waals surface area contributed by atoms with E-state index in [4.69, 9.17) is 4.74 Å². The van der Waals surface area contributed by atoms with Crippen molar-refractivity contribution < 1.29 is 14.9 Å². The highest BCUT2D eigenvalue weighted by molar-refractivity contribution is 5.29. The number of hydrogen-bond donors (Lipinski definition) is 2. The van der Waals surface area contributed by atoms with E-state index < -0.39 is 6.10 Å². The number of rotatable bonds is 8. The summed E-state index contributed by atoms with van der Waals surface area (Å²) in [6.45, 7) is 5.52. The summed E-state index contributed by atoms with van der Waals surface area (Å²) in [6.07, 6.45) is 2.72. The molecular formula is C23H31N3O3. The Kier molecular flexibility index (Phi) is 6.77. The predicted octanol–water partition coefficient (Wildman–Crippen LogP) is 1.88. The second-order valence-electron chi connectivity index (χ2n) is 8.29. The van der Waals surface area contributed by atoms with Crippen molar-refractivity contribution in [1.82, 2.24) is 14.8 Å². The second kappa shape index (κ2) is 9.67. The van der Waals surface area contributed by atoms with E-state index in [2.05, 4.69) is 39.0 Å². The fraction of sp³-hybridized carbons (Fsp3) is 0.522. The number of benzene rings is 1. The molecule has 0 radical (unpaired) electrons. The van der Waals surface area contributed by atoms with Gasteiger partial charge in [0, 0.05) is 57.1 Å². The van der Waals surface area contributed by atoms with Crippen LogP contribution in [0, 0.1) is 0 Å². The molecule has 2 aromatic rings. The van der Waals surface area contributed by atoms with Gasteiger partial charge >= 0.3 is 0 Å². The van der Waals surface area contributed by atoms with Crippen LogP contribution in [0.5, 0.6) is 5.75 Å². The smallest absolute Gasteiger partial charge is 0.119 e. The summed E-state index contributed by atoms with van der Waals surface area (Å²) < 4.78 is 5.84. The van der Waals surface area contributed by atoms with Crippen LogP contribution in [0.2, 0.25) is 0 Å². The van der Waals surface area contributed by atoms with Gasteiger partial charge in [-0.25, -0.2) is 0 Å². The first kappa shape index (κ1) is 20.3. The van der Waals surface area contributed by atoms with Crippen molar-refractivity contribution in [3.05, 3.63) is 59.9 Å². The van der Waals surface area contributed by atoms with Crippen LogP contribution in [0.15, 0.2) is 48.7 Å². The van der Waals surface area contributed by atoms with Gasteiger partial charge in [0.15, 0.2) is 0 Å². The third kappa shape index (κ3) is 5.76. The molecule has 2 aliphatic rings. The SMILES string of the molecule is OC1CCN(CC(O)COc2cccc(CN3CC(c4ccccn4)C3)c2)CC1. The van der Waals surface area contributed by atoms with Gasteiger partial charge in [-0.3, -0.25) is 9.88 Å². The molecule has 2 saturated heterocycles. The molecule has 1 aromatic carbocycles. The maximum atomic E-state index is 10.3. The van der Waals surface area contributed by atoms with Crippen molar-refractivity contribution >= 4 is 0 Å². The molecule has 2 aliphatic heterocycles. The van der Waals surface area contributed by atoms with Gasteiger partial charge in [0.2, 0.25) is 0 Å². The van der Waals surface area contributed by atoms with Gasteiger partial charge in [-0.15, -0.1) is 0 Å². The molecule has 0 spiro atoms. The molecule has 1 unspecified atom stereocenters. The standard InChI is InChI=1S/C23H31N3O3/c27-20-7-10-25(11-8-20)16-21(28)17-29-22-5-3-4-18(12-22)13-26-14-19(15-26)23-6-1-2-9-24-23/h1-6,9,12,19-21,27-28H,7-8,10-11,13-17H2. The minimum atomic E-state index is -0.525. The summed E-state index contributed by atoms with van der Waals surface area (Å²) in [6, 6.07) is 14.3. The molecule has 1 aromatic heterocycles. The molecule has 1 atom stereocenters. The van der Waals surface area contributed by atoms with Crippen molar-refractivity contribution in [2.45, 2.75) is 37.5 Å². The molecule has 2 fully saturated rings. The number of ether oxygens (including phenoxy) is 1. The molecule has 0 amide bonds. The zero-order valence-electron chi connectivity index (χ0n) is 16.9. The summed E-state index contributed by atoms with van der Waals surface area (Å²) in [5.74, 6) is 1.33. The maximum Gasteiger partial charge on any atom is 0.119 e. The Morgan fingerprint density at radius 1 is 1.07 bits per heavy atom. The number of piperidine rings is 1. The average Bonchev–Trinajstić information content (AvgIpc) is 2.71. The number of hydrogen-bond acceptors (Lipinski definition) is 6.